The lowest BCUT2D eigenvalue weighted by Crippen LogP contribution is -2.23. The Labute approximate surface area is 105 Å². The molecule has 17 heavy (non-hydrogen) atoms. The van der Waals surface area contributed by atoms with Gasteiger partial charge in [-0.25, -0.2) is 0 Å². The first-order valence-electron chi connectivity index (χ1n) is 5.42. The number of anilines is 1. The fourth-order valence-electron chi connectivity index (χ4n) is 1.79. The Kier molecular flexibility index (Phi) is 3.33. The monoisotopic (exact) mass is 251 g/mol. The summed E-state index contributed by atoms with van der Waals surface area (Å²) in [5.74, 6) is 0.145. The van der Waals surface area contributed by atoms with Crippen LogP contribution in [0.15, 0.2) is 29.4 Å². The van der Waals surface area contributed by atoms with Crippen molar-refractivity contribution >= 4 is 28.9 Å². The van der Waals surface area contributed by atoms with Gasteiger partial charge in [-0.1, -0.05) is 18.5 Å². The fraction of sp³-hybridized carbons (Fsp3) is 0.333. The fourth-order valence-corrected chi connectivity index (χ4v) is 1.92. The highest BCUT2D eigenvalue weighted by molar-refractivity contribution is 6.41. The number of nitrogens with one attached hydrogen (secondary N) is 1. The first-order chi connectivity index (χ1) is 8.08. The molecular weight excluding hydrogens is 238 g/mol. The van der Waals surface area contributed by atoms with E-state index in [-0.39, 0.29) is 11.8 Å². The Morgan fingerprint density at radius 3 is 2.59 bits per heavy atom. The normalized spacial score (nSPS) is 22.3. The van der Waals surface area contributed by atoms with Crippen LogP contribution in [0.1, 0.15) is 6.92 Å². The molecule has 0 aliphatic carbocycles. The van der Waals surface area contributed by atoms with E-state index < -0.39 is 0 Å². The van der Waals surface area contributed by atoms with Crippen molar-refractivity contribution in [1.82, 2.24) is 4.90 Å². The molecule has 0 aromatic heterocycles. The minimum Gasteiger partial charge on any atom is -0.340 e. The van der Waals surface area contributed by atoms with Crippen molar-refractivity contribution in [2.45, 2.75) is 6.92 Å². The summed E-state index contributed by atoms with van der Waals surface area (Å²) in [5, 5.41) is 4.84. The van der Waals surface area contributed by atoms with Gasteiger partial charge in [0.15, 0.2) is 0 Å². The number of carbonyl (C=O) groups is 1. The summed E-state index contributed by atoms with van der Waals surface area (Å²) in [6.45, 7) is 2.71. The average Bonchev–Trinajstić information content (AvgIpc) is 2.54. The van der Waals surface area contributed by atoms with Crippen molar-refractivity contribution in [2.24, 2.45) is 11.0 Å². The van der Waals surface area contributed by atoms with Crippen LogP contribution in [-0.4, -0.2) is 30.1 Å². The van der Waals surface area contributed by atoms with Crippen molar-refractivity contribution in [3.63, 3.8) is 0 Å². The van der Waals surface area contributed by atoms with E-state index in [0.29, 0.717) is 10.7 Å². The Morgan fingerprint density at radius 2 is 2.06 bits per heavy atom. The number of amides is 1. The number of benzene rings is 1. The number of likely N-dealkylation sites (tertiary alicyclic amines) is 1. The number of hydrazone groups is 1. The summed E-state index contributed by atoms with van der Waals surface area (Å²) in [5.41, 5.74) is 4.26. The van der Waals surface area contributed by atoms with Crippen LogP contribution in [-0.2, 0) is 4.79 Å². The van der Waals surface area contributed by atoms with Gasteiger partial charge in [-0.2, -0.15) is 5.10 Å². The van der Waals surface area contributed by atoms with Crippen molar-refractivity contribution in [3.05, 3.63) is 29.3 Å². The third kappa shape index (κ3) is 2.58. The molecule has 1 aliphatic heterocycles. The molecule has 1 heterocycles. The number of hydrogen-bond donors (Lipinski definition) is 1. The quantitative estimate of drug-likeness (QED) is 0.820. The Balaban J connectivity index is 2.10. The molecule has 0 spiro atoms. The summed E-state index contributed by atoms with van der Waals surface area (Å²) >= 11 is 5.78. The smallest absolute Gasteiger partial charge is 0.270 e. The molecular formula is C12H14ClN3O. The first kappa shape index (κ1) is 11.9. The molecule has 1 amide bonds. The van der Waals surface area contributed by atoms with Gasteiger partial charge in [0, 0.05) is 24.5 Å². The van der Waals surface area contributed by atoms with Gasteiger partial charge in [0.2, 0.25) is 0 Å². The van der Waals surface area contributed by atoms with Gasteiger partial charge in [-0.05, 0) is 24.3 Å². The molecule has 1 aromatic carbocycles. The molecule has 0 bridgehead atoms. The highest BCUT2D eigenvalue weighted by Gasteiger charge is 2.31. The van der Waals surface area contributed by atoms with Crippen LogP contribution >= 0.6 is 11.6 Å². The van der Waals surface area contributed by atoms with Crippen LogP contribution in [0.25, 0.3) is 0 Å². The van der Waals surface area contributed by atoms with Gasteiger partial charge in [-0.3, -0.25) is 10.2 Å². The molecule has 1 aromatic rings. The van der Waals surface area contributed by atoms with Crippen LogP contribution in [0.5, 0.6) is 0 Å². The zero-order valence-corrected chi connectivity index (χ0v) is 10.5. The standard InChI is InChI=1S/C12H14ClN3O/c1-8-7-16(2)12(17)11(8)15-14-10-5-3-9(13)4-6-10/h3-6,8,14H,7H2,1-2H3/b15-11+/t8-/m0/s1. The Morgan fingerprint density at radius 1 is 1.41 bits per heavy atom. The number of hydrogen-bond acceptors (Lipinski definition) is 3. The van der Waals surface area contributed by atoms with Crippen LogP contribution in [0.2, 0.25) is 5.02 Å². The maximum Gasteiger partial charge on any atom is 0.270 e. The topological polar surface area (TPSA) is 44.7 Å². The Bertz CT molecular complexity index is 455. The van der Waals surface area contributed by atoms with E-state index in [9.17, 15) is 4.79 Å². The van der Waals surface area contributed by atoms with E-state index in [4.69, 9.17) is 11.6 Å². The second-order valence-corrected chi connectivity index (χ2v) is 4.64. The maximum atomic E-state index is 11.7. The van der Waals surface area contributed by atoms with Gasteiger partial charge in [0.05, 0.1) is 5.69 Å². The predicted octanol–water partition coefficient (Wildman–Crippen LogP) is 2.22. The van der Waals surface area contributed by atoms with Gasteiger partial charge >= 0.3 is 0 Å². The summed E-state index contributed by atoms with van der Waals surface area (Å²) in [7, 11) is 1.78. The molecule has 2 rings (SSSR count). The molecule has 4 nitrogen and oxygen atoms in total. The highest BCUT2D eigenvalue weighted by atomic mass is 35.5. The van der Waals surface area contributed by atoms with Crippen molar-refractivity contribution in [2.75, 3.05) is 19.0 Å². The van der Waals surface area contributed by atoms with Crippen LogP contribution in [0.3, 0.4) is 0 Å². The average molecular weight is 252 g/mol. The Hall–Kier alpha value is -1.55. The van der Waals surface area contributed by atoms with Crippen LogP contribution < -0.4 is 5.43 Å². The molecule has 1 aliphatic rings. The first-order valence-corrected chi connectivity index (χ1v) is 5.80. The SMILES string of the molecule is C[C@H]1CN(C)C(=O)/C1=N/Nc1ccc(Cl)cc1. The second kappa shape index (κ2) is 4.75. The number of nitrogens with zero attached hydrogens (tertiary/aromatic N) is 2. The molecule has 1 saturated heterocycles. The molecule has 1 N–H and O–H groups in total. The molecule has 0 saturated carbocycles. The highest BCUT2D eigenvalue weighted by Crippen LogP contribution is 2.16. The molecule has 5 heteroatoms. The van der Waals surface area contributed by atoms with Crippen molar-refractivity contribution in [1.29, 1.82) is 0 Å². The lowest BCUT2D eigenvalue weighted by molar-refractivity contribution is -0.121. The number of carbonyl (C=O) groups excluding carboxylic acids is 1. The number of rotatable bonds is 2. The summed E-state index contributed by atoms with van der Waals surface area (Å²) < 4.78 is 0. The van der Waals surface area contributed by atoms with Crippen molar-refractivity contribution in [3.8, 4) is 0 Å². The van der Waals surface area contributed by atoms with Gasteiger partial charge in [-0.15, -0.1) is 0 Å². The van der Waals surface area contributed by atoms with E-state index in [0.717, 1.165) is 12.2 Å². The van der Waals surface area contributed by atoms with Crippen LogP contribution in [0.4, 0.5) is 5.69 Å². The summed E-state index contributed by atoms with van der Waals surface area (Å²) in [4.78, 5) is 13.4. The number of halogens is 1. The molecule has 1 atom stereocenters. The largest absolute Gasteiger partial charge is 0.340 e. The van der Waals surface area contributed by atoms with Gasteiger partial charge in [0.1, 0.15) is 5.71 Å². The van der Waals surface area contributed by atoms with Gasteiger partial charge < -0.3 is 4.90 Å². The predicted molar refractivity (Wildman–Crippen MR) is 69.3 cm³/mol. The van der Waals surface area contributed by atoms with E-state index in [1.54, 1.807) is 24.1 Å². The van der Waals surface area contributed by atoms with Crippen molar-refractivity contribution < 1.29 is 4.79 Å². The van der Waals surface area contributed by atoms with E-state index >= 15 is 0 Å². The van der Waals surface area contributed by atoms with Gasteiger partial charge in [0.25, 0.3) is 5.91 Å². The maximum absolute atomic E-state index is 11.7. The third-order valence-corrected chi connectivity index (χ3v) is 2.98. The summed E-state index contributed by atoms with van der Waals surface area (Å²) in [6.07, 6.45) is 0. The zero-order valence-electron chi connectivity index (χ0n) is 9.77. The minimum absolute atomic E-state index is 0.0148. The third-order valence-electron chi connectivity index (χ3n) is 2.73. The molecule has 1 fully saturated rings. The zero-order chi connectivity index (χ0) is 12.4. The van der Waals surface area contributed by atoms with E-state index in [1.165, 1.54) is 0 Å². The minimum atomic E-state index is -0.0148. The van der Waals surface area contributed by atoms with E-state index in [1.807, 2.05) is 19.1 Å². The van der Waals surface area contributed by atoms with Crippen LogP contribution in [0, 0.1) is 5.92 Å². The lowest BCUT2D eigenvalue weighted by atomic mass is 10.1. The second-order valence-electron chi connectivity index (χ2n) is 4.20. The molecule has 0 unspecified atom stereocenters. The lowest BCUT2D eigenvalue weighted by Gasteiger charge is -2.04. The van der Waals surface area contributed by atoms with E-state index in [2.05, 4.69) is 10.5 Å². The summed E-state index contributed by atoms with van der Waals surface area (Å²) in [6, 6.07) is 7.19. The molecule has 0 radical (unpaired) electrons. The molecule has 90 valence electrons.